The third-order valence-electron chi connectivity index (χ3n) is 15.8. The van der Waals surface area contributed by atoms with Gasteiger partial charge in [0.1, 0.15) is 0 Å². The third-order valence-corrected chi connectivity index (χ3v) is 15.8. The predicted octanol–water partition coefficient (Wildman–Crippen LogP) is 21.4. The van der Waals surface area contributed by atoms with E-state index in [1.165, 1.54) is 289 Å². The average Bonchev–Trinajstić information content (AvgIpc) is 3.40. The van der Waals surface area contributed by atoms with Crippen LogP contribution in [0, 0.1) is 0 Å². The molecule has 1 amide bonds. The molecule has 6 nitrogen and oxygen atoms in total. The van der Waals surface area contributed by atoms with Crippen LogP contribution in [0.3, 0.4) is 0 Å². The van der Waals surface area contributed by atoms with Crippen LogP contribution in [0.2, 0.25) is 0 Å². The molecule has 0 aliphatic heterocycles. The van der Waals surface area contributed by atoms with E-state index < -0.39 is 12.1 Å². The normalized spacial score (nSPS) is 12.6. The highest BCUT2D eigenvalue weighted by Gasteiger charge is 2.20. The SMILES string of the molecule is CCCCC/C=C\C/C=C\CCCCCCCC(=O)OCCCCCCCCCCCCCCCCCCCCCCCCCCCCCCCCCCCC(=O)NC(CO)C(O)CCCCCCCCCCC. The molecule has 0 aromatic carbocycles. The van der Waals surface area contributed by atoms with Crippen LogP contribution in [0.5, 0.6) is 0 Å². The fraction of sp³-hybridized carbons (Fsp3) is 0.912. The van der Waals surface area contributed by atoms with Crippen molar-refractivity contribution in [2.75, 3.05) is 13.2 Å². The van der Waals surface area contributed by atoms with Gasteiger partial charge in [-0.05, 0) is 57.8 Å². The van der Waals surface area contributed by atoms with Gasteiger partial charge >= 0.3 is 5.97 Å². The highest BCUT2D eigenvalue weighted by Crippen LogP contribution is 2.19. The molecular weight excluding hydrogens is 911 g/mol. The van der Waals surface area contributed by atoms with Crippen LogP contribution in [0.1, 0.15) is 373 Å². The van der Waals surface area contributed by atoms with Crippen molar-refractivity contribution in [2.24, 2.45) is 0 Å². The molecule has 0 aromatic heterocycles. The Hall–Kier alpha value is -1.66. The molecule has 0 aliphatic rings. The first-order valence-corrected chi connectivity index (χ1v) is 33.6. The predicted molar refractivity (Wildman–Crippen MR) is 324 cm³/mol. The Kier molecular flexibility index (Phi) is 62.4. The van der Waals surface area contributed by atoms with E-state index in [2.05, 4.69) is 43.5 Å². The molecule has 0 saturated heterocycles. The van der Waals surface area contributed by atoms with Gasteiger partial charge in [0, 0.05) is 12.8 Å². The first-order chi connectivity index (χ1) is 36.5. The molecule has 0 bridgehead atoms. The molecule has 0 spiro atoms. The molecule has 2 unspecified atom stereocenters. The third kappa shape index (κ3) is 59.6. The summed E-state index contributed by atoms with van der Waals surface area (Å²) in [5, 5.41) is 23.1. The van der Waals surface area contributed by atoms with Gasteiger partial charge in [-0.1, -0.05) is 327 Å². The van der Waals surface area contributed by atoms with Crippen molar-refractivity contribution in [3.05, 3.63) is 24.3 Å². The van der Waals surface area contributed by atoms with Crippen LogP contribution < -0.4 is 5.32 Å². The number of esters is 1. The van der Waals surface area contributed by atoms with Gasteiger partial charge in [0.05, 0.1) is 25.4 Å². The van der Waals surface area contributed by atoms with Crippen molar-refractivity contribution in [1.82, 2.24) is 5.32 Å². The lowest BCUT2D eigenvalue weighted by atomic mass is 10.0. The number of aliphatic hydroxyl groups excluding tert-OH is 2. The Morgan fingerprint density at radius 1 is 0.378 bits per heavy atom. The summed E-state index contributed by atoms with van der Waals surface area (Å²) in [6, 6.07) is -0.535. The lowest BCUT2D eigenvalue weighted by molar-refractivity contribution is -0.143. The summed E-state index contributed by atoms with van der Waals surface area (Å²) in [5.74, 6) is -0.0232. The van der Waals surface area contributed by atoms with E-state index >= 15 is 0 Å². The topological polar surface area (TPSA) is 95.9 Å². The van der Waals surface area contributed by atoms with Crippen LogP contribution in [0.15, 0.2) is 24.3 Å². The van der Waals surface area contributed by atoms with Crippen LogP contribution >= 0.6 is 0 Å². The number of ether oxygens (including phenoxy) is 1. The van der Waals surface area contributed by atoms with E-state index in [9.17, 15) is 19.8 Å². The van der Waals surface area contributed by atoms with Gasteiger partial charge in [-0.2, -0.15) is 0 Å². The summed E-state index contributed by atoms with van der Waals surface area (Å²) >= 11 is 0. The van der Waals surface area contributed by atoms with E-state index in [0.717, 1.165) is 51.4 Å². The highest BCUT2D eigenvalue weighted by molar-refractivity contribution is 5.76. The minimum atomic E-state index is -0.658. The van der Waals surface area contributed by atoms with Crippen molar-refractivity contribution in [3.8, 4) is 0 Å². The number of aliphatic hydroxyl groups is 2. The summed E-state index contributed by atoms with van der Waals surface area (Å²) in [6.07, 6.45) is 79.5. The lowest BCUT2D eigenvalue weighted by Crippen LogP contribution is -2.45. The van der Waals surface area contributed by atoms with Crippen LogP contribution in [0.25, 0.3) is 0 Å². The minimum Gasteiger partial charge on any atom is -0.466 e. The Morgan fingerprint density at radius 2 is 0.676 bits per heavy atom. The lowest BCUT2D eigenvalue weighted by Gasteiger charge is -2.22. The van der Waals surface area contributed by atoms with Gasteiger partial charge in [-0.15, -0.1) is 0 Å². The van der Waals surface area contributed by atoms with Crippen LogP contribution in [-0.2, 0) is 14.3 Å². The second-order valence-electron chi connectivity index (χ2n) is 23.2. The average molecular weight is 1040 g/mol. The van der Waals surface area contributed by atoms with Crippen molar-refractivity contribution >= 4 is 11.9 Å². The number of amides is 1. The molecule has 2 atom stereocenters. The number of carbonyl (C=O) groups is 2. The maximum atomic E-state index is 12.4. The van der Waals surface area contributed by atoms with Gasteiger partial charge in [0.25, 0.3) is 0 Å². The van der Waals surface area contributed by atoms with Crippen molar-refractivity contribution in [2.45, 2.75) is 386 Å². The molecule has 0 rings (SSSR count). The molecule has 0 aliphatic carbocycles. The maximum absolute atomic E-state index is 12.4. The number of hydrogen-bond donors (Lipinski definition) is 3. The minimum absolute atomic E-state index is 0.00791. The Balaban J connectivity index is 3.28. The Labute approximate surface area is 462 Å². The number of unbranched alkanes of at least 4 members (excludes halogenated alkanes) is 48. The zero-order chi connectivity index (χ0) is 53.6. The summed E-state index contributed by atoms with van der Waals surface area (Å²) in [6.45, 7) is 4.92. The molecule has 0 aromatic rings. The number of allylic oxidation sites excluding steroid dienone is 4. The van der Waals surface area contributed by atoms with Gasteiger partial charge in [0.15, 0.2) is 0 Å². The van der Waals surface area contributed by atoms with E-state index in [0.29, 0.717) is 25.9 Å². The molecule has 0 radical (unpaired) electrons. The standard InChI is InChI=1S/C68H131NO5/c1-3-5-7-9-11-13-14-15-35-39-42-46-50-54-58-62-68(73)74-63-59-55-51-47-43-40-37-34-32-30-28-26-24-22-20-18-16-17-19-21-23-25-27-29-31-33-36-38-41-45-49-53-57-61-67(72)69-65(64-70)66(71)60-56-52-48-44-12-10-8-6-4-2/h11,13,15,35,65-66,70-71H,3-10,12,14,16-34,36-64H2,1-2H3,(H,69,72)/b13-11-,35-15-. The van der Waals surface area contributed by atoms with Crippen LogP contribution in [0.4, 0.5) is 0 Å². The number of nitrogens with one attached hydrogen (secondary N) is 1. The Morgan fingerprint density at radius 3 is 1.05 bits per heavy atom. The van der Waals surface area contributed by atoms with E-state index in [1.807, 2.05) is 0 Å². The molecule has 74 heavy (non-hydrogen) atoms. The quantitative estimate of drug-likeness (QED) is 0.0320. The van der Waals surface area contributed by atoms with Gasteiger partial charge in [-0.25, -0.2) is 0 Å². The molecule has 0 saturated carbocycles. The first kappa shape index (κ1) is 72.3. The summed E-state index contributed by atoms with van der Waals surface area (Å²) < 4.78 is 5.49. The zero-order valence-corrected chi connectivity index (χ0v) is 50.1. The number of hydrogen-bond acceptors (Lipinski definition) is 5. The number of rotatable bonds is 63. The van der Waals surface area contributed by atoms with Gasteiger partial charge in [-0.3, -0.25) is 9.59 Å². The fourth-order valence-corrected chi connectivity index (χ4v) is 10.6. The molecule has 0 heterocycles. The van der Waals surface area contributed by atoms with Crippen LogP contribution in [-0.4, -0.2) is 47.4 Å². The summed E-state index contributed by atoms with van der Waals surface area (Å²) in [7, 11) is 0. The van der Waals surface area contributed by atoms with Crippen molar-refractivity contribution in [1.29, 1.82) is 0 Å². The van der Waals surface area contributed by atoms with Gasteiger partial charge in [0.2, 0.25) is 5.91 Å². The zero-order valence-electron chi connectivity index (χ0n) is 50.1. The van der Waals surface area contributed by atoms with Crippen molar-refractivity contribution < 1.29 is 24.5 Å². The molecule has 3 N–H and O–H groups in total. The van der Waals surface area contributed by atoms with Crippen molar-refractivity contribution in [3.63, 3.8) is 0 Å². The first-order valence-electron chi connectivity index (χ1n) is 33.6. The Bertz CT molecular complexity index is 1150. The van der Waals surface area contributed by atoms with E-state index in [-0.39, 0.29) is 18.5 Å². The monoisotopic (exact) mass is 1040 g/mol. The second kappa shape index (κ2) is 63.9. The van der Waals surface area contributed by atoms with Gasteiger partial charge < -0.3 is 20.3 Å². The second-order valence-corrected chi connectivity index (χ2v) is 23.2. The largest absolute Gasteiger partial charge is 0.466 e. The highest BCUT2D eigenvalue weighted by atomic mass is 16.5. The summed E-state index contributed by atoms with van der Waals surface area (Å²) in [4.78, 5) is 24.5. The molecule has 6 heteroatoms. The van der Waals surface area contributed by atoms with E-state index in [4.69, 9.17) is 4.74 Å². The molecule has 438 valence electrons. The smallest absolute Gasteiger partial charge is 0.305 e. The molecule has 0 fully saturated rings. The fourth-order valence-electron chi connectivity index (χ4n) is 10.6. The van der Waals surface area contributed by atoms with E-state index in [1.54, 1.807) is 0 Å². The summed E-state index contributed by atoms with van der Waals surface area (Å²) in [5.41, 5.74) is 0. The maximum Gasteiger partial charge on any atom is 0.305 e. The molecular formula is C68H131NO5. The number of carbonyl (C=O) groups excluding carboxylic acids is 2.